The average Bonchev–Trinajstić information content (AvgIpc) is 3.53. The maximum absolute atomic E-state index is 13.5. The van der Waals surface area contributed by atoms with Crippen LogP contribution >= 0.6 is 0 Å². The SMILES string of the molecule is O=C1Nc2cc(/C=C/CNC(=O)c3cncn(Cc4ccc(F)c(F)c4)c3=O)ccc2/C1=C/c1ccc[nH]1. The summed E-state index contributed by atoms with van der Waals surface area (Å²) < 4.78 is 27.8. The maximum Gasteiger partial charge on any atom is 0.266 e. The van der Waals surface area contributed by atoms with E-state index in [0.29, 0.717) is 16.8 Å². The number of carbonyl (C=O) groups is 2. The van der Waals surface area contributed by atoms with Crippen LogP contribution in [-0.2, 0) is 11.3 Å². The molecule has 38 heavy (non-hydrogen) atoms. The number of nitrogens with one attached hydrogen (secondary N) is 3. The van der Waals surface area contributed by atoms with Gasteiger partial charge in [-0.25, -0.2) is 13.8 Å². The van der Waals surface area contributed by atoms with Crippen LogP contribution in [0.2, 0.25) is 0 Å². The lowest BCUT2D eigenvalue weighted by Crippen LogP contribution is -2.33. The van der Waals surface area contributed by atoms with Gasteiger partial charge in [-0.1, -0.05) is 30.4 Å². The molecule has 5 rings (SSSR count). The van der Waals surface area contributed by atoms with Crippen LogP contribution in [0.3, 0.4) is 0 Å². The summed E-state index contributed by atoms with van der Waals surface area (Å²) in [6, 6.07) is 12.6. The minimum Gasteiger partial charge on any atom is -0.362 e. The van der Waals surface area contributed by atoms with Gasteiger partial charge in [0.1, 0.15) is 5.56 Å². The molecule has 10 heteroatoms. The second-order valence-electron chi connectivity index (χ2n) is 8.54. The lowest BCUT2D eigenvalue weighted by molar-refractivity contribution is -0.110. The van der Waals surface area contributed by atoms with Gasteiger partial charge in [0.2, 0.25) is 0 Å². The molecule has 0 fully saturated rings. The quantitative estimate of drug-likeness (QED) is 0.326. The fraction of sp³-hybridized carbons (Fsp3) is 0.0714. The summed E-state index contributed by atoms with van der Waals surface area (Å²) in [6.45, 7) is 0.0680. The van der Waals surface area contributed by atoms with E-state index in [-0.39, 0.29) is 24.6 Å². The molecule has 3 N–H and O–H groups in total. The van der Waals surface area contributed by atoms with Crippen LogP contribution < -0.4 is 16.2 Å². The molecule has 0 unspecified atom stereocenters. The Morgan fingerprint density at radius 2 is 1.95 bits per heavy atom. The summed E-state index contributed by atoms with van der Waals surface area (Å²) in [5.41, 5.74) is 3.26. The first kappa shape index (κ1) is 24.6. The molecule has 2 aromatic carbocycles. The Morgan fingerprint density at radius 3 is 2.74 bits per heavy atom. The van der Waals surface area contributed by atoms with Crippen molar-refractivity contribution in [2.45, 2.75) is 6.54 Å². The highest BCUT2D eigenvalue weighted by molar-refractivity contribution is 6.34. The van der Waals surface area contributed by atoms with Crippen LogP contribution in [0.5, 0.6) is 0 Å². The number of H-pyrrole nitrogens is 1. The molecule has 0 bridgehead atoms. The number of rotatable bonds is 7. The zero-order valence-electron chi connectivity index (χ0n) is 19.9. The second kappa shape index (κ2) is 10.5. The number of carbonyl (C=O) groups excluding carboxylic acids is 2. The monoisotopic (exact) mass is 513 g/mol. The maximum atomic E-state index is 13.5. The Morgan fingerprint density at radius 1 is 1.08 bits per heavy atom. The highest BCUT2D eigenvalue weighted by Crippen LogP contribution is 2.33. The topological polar surface area (TPSA) is 109 Å². The van der Waals surface area contributed by atoms with Crippen LogP contribution in [0.25, 0.3) is 17.7 Å². The van der Waals surface area contributed by atoms with Crippen molar-refractivity contribution in [2.75, 3.05) is 11.9 Å². The van der Waals surface area contributed by atoms with E-state index in [1.165, 1.54) is 12.4 Å². The number of aromatic amines is 1. The van der Waals surface area contributed by atoms with Crippen molar-refractivity contribution in [1.82, 2.24) is 19.9 Å². The number of halogens is 2. The first-order chi connectivity index (χ1) is 18.4. The van der Waals surface area contributed by atoms with Gasteiger partial charge in [0.05, 0.1) is 18.4 Å². The number of benzene rings is 2. The van der Waals surface area contributed by atoms with Crippen molar-refractivity contribution < 1.29 is 18.4 Å². The molecule has 0 saturated carbocycles. The van der Waals surface area contributed by atoms with E-state index in [2.05, 4.69) is 20.6 Å². The first-order valence-electron chi connectivity index (χ1n) is 11.6. The van der Waals surface area contributed by atoms with Gasteiger partial charge < -0.3 is 15.6 Å². The van der Waals surface area contributed by atoms with Gasteiger partial charge in [0.25, 0.3) is 17.4 Å². The Kier molecular flexibility index (Phi) is 6.77. The Hall–Kier alpha value is -5.12. The van der Waals surface area contributed by atoms with Crippen LogP contribution in [0.15, 0.2) is 78.1 Å². The second-order valence-corrected chi connectivity index (χ2v) is 8.54. The molecule has 2 amide bonds. The van der Waals surface area contributed by atoms with E-state index in [4.69, 9.17) is 0 Å². The lowest BCUT2D eigenvalue weighted by Gasteiger charge is -2.08. The van der Waals surface area contributed by atoms with Crippen LogP contribution in [-0.4, -0.2) is 32.9 Å². The van der Waals surface area contributed by atoms with E-state index in [1.54, 1.807) is 24.4 Å². The van der Waals surface area contributed by atoms with Gasteiger partial charge in [0, 0.05) is 35.9 Å². The van der Waals surface area contributed by atoms with Crippen molar-refractivity contribution >= 4 is 35.2 Å². The Labute approximate surface area is 215 Å². The molecule has 190 valence electrons. The molecule has 2 aromatic heterocycles. The predicted octanol–water partition coefficient (Wildman–Crippen LogP) is 3.83. The highest BCUT2D eigenvalue weighted by atomic mass is 19.2. The average molecular weight is 514 g/mol. The zero-order valence-corrected chi connectivity index (χ0v) is 19.9. The summed E-state index contributed by atoms with van der Waals surface area (Å²) in [5, 5.41) is 5.49. The molecule has 0 aliphatic carbocycles. The molecule has 0 radical (unpaired) electrons. The standard InChI is InChI=1S/C28H21F2N5O3/c29-23-8-6-18(11-24(23)30)15-35-16-31-14-22(28(35)38)26(36)33-10-1-3-17-5-7-20-21(13-19-4-2-9-32-19)27(37)34-25(20)12-17/h1-9,11-14,16,32H,10,15H2,(H,33,36)(H,34,37)/b3-1+,21-13-. The van der Waals surface area contributed by atoms with Crippen molar-refractivity contribution in [3.63, 3.8) is 0 Å². The van der Waals surface area contributed by atoms with E-state index in [0.717, 1.165) is 39.7 Å². The van der Waals surface area contributed by atoms with E-state index in [1.807, 2.05) is 30.3 Å². The largest absolute Gasteiger partial charge is 0.362 e. The number of amides is 2. The molecule has 3 heterocycles. The Bertz CT molecular complexity index is 1660. The van der Waals surface area contributed by atoms with Crippen LogP contribution in [0.4, 0.5) is 14.5 Å². The highest BCUT2D eigenvalue weighted by Gasteiger charge is 2.24. The summed E-state index contributed by atoms with van der Waals surface area (Å²) in [4.78, 5) is 44.7. The van der Waals surface area contributed by atoms with Crippen molar-refractivity contribution in [2.24, 2.45) is 0 Å². The number of anilines is 1. The fourth-order valence-corrected chi connectivity index (χ4v) is 4.04. The first-order valence-corrected chi connectivity index (χ1v) is 11.6. The van der Waals surface area contributed by atoms with Gasteiger partial charge in [-0.05, 0) is 47.5 Å². The molecular weight excluding hydrogens is 492 g/mol. The summed E-state index contributed by atoms with van der Waals surface area (Å²) in [5.74, 6) is -2.82. The van der Waals surface area contributed by atoms with Gasteiger partial charge in [0.15, 0.2) is 11.6 Å². The van der Waals surface area contributed by atoms with E-state index < -0.39 is 23.1 Å². The number of aromatic nitrogens is 3. The van der Waals surface area contributed by atoms with E-state index in [9.17, 15) is 23.2 Å². The van der Waals surface area contributed by atoms with Crippen molar-refractivity contribution in [3.05, 3.63) is 123 Å². The molecule has 0 atom stereocenters. The normalized spacial score (nSPS) is 13.6. The van der Waals surface area contributed by atoms with Gasteiger partial charge >= 0.3 is 0 Å². The number of hydrogen-bond acceptors (Lipinski definition) is 4. The predicted molar refractivity (Wildman–Crippen MR) is 139 cm³/mol. The number of hydrogen-bond donors (Lipinski definition) is 3. The van der Waals surface area contributed by atoms with Crippen LogP contribution in [0, 0.1) is 11.6 Å². The molecule has 8 nitrogen and oxygen atoms in total. The molecular formula is C28H21F2N5O3. The smallest absolute Gasteiger partial charge is 0.266 e. The third kappa shape index (κ3) is 5.19. The van der Waals surface area contributed by atoms with Gasteiger partial charge in [-0.2, -0.15) is 0 Å². The zero-order chi connectivity index (χ0) is 26.6. The summed E-state index contributed by atoms with van der Waals surface area (Å²) in [7, 11) is 0. The van der Waals surface area contributed by atoms with E-state index >= 15 is 0 Å². The fourth-order valence-electron chi connectivity index (χ4n) is 4.04. The summed E-state index contributed by atoms with van der Waals surface area (Å²) in [6.07, 6.45) is 9.45. The molecule has 0 saturated heterocycles. The van der Waals surface area contributed by atoms with Gasteiger partial charge in [-0.3, -0.25) is 19.0 Å². The molecule has 0 spiro atoms. The van der Waals surface area contributed by atoms with Gasteiger partial charge in [-0.15, -0.1) is 0 Å². The minimum atomic E-state index is -1.02. The lowest BCUT2D eigenvalue weighted by atomic mass is 10.0. The molecule has 1 aliphatic rings. The van der Waals surface area contributed by atoms with Crippen LogP contribution in [0.1, 0.15) is 32.7 Å². The molecule has 4 aromatic rings. The third-order valence-corrected chi connectivity index (χ3v) is 5.92. The van der Waals surface area contributed by atoms with Crippen molar-refractivity contribution in [3.8, 4) is 0 Å². The number of fused-ring (bicyclic) bond motifs is 1. The summed E-state index contributed by atoms with van der Waals surface area (Å²) >= 11 is 0. The number of nitrogens with zero attached hydrogens (tertiary/aromatic N) is 2. The molecule has 1 aliphatic heterocycles. The third-order valence-electron chi connectivity index (χ3n) is 5.92. The van der Waals surface area contributed by atoms with Crippen molar-refractivity contribution in [1.29, 1.82) is 0 Å². The minimum absolute atomic E-state index is 0.0686. The Balaban J connectivity index is 1.22.